The molecule has 2 heterocycles. The highest BCUT2D eigenvalue weighted by atomic mass is 16.3. The summed E-state index contributed by atoms with van der Waals surface area (Å²) in [5, 5.41) is 10.1. The van der Waals surface area contributed by atoms with Gasteiger partial charge in [0.1, 0.15) is 11.5 Å². The van der Waals surface area contributed by atoms with E-state index in [0.717, 1.165) is 28.2 Å². The van der Waals surface area contributed by atoms with Crippen molar-refractivity contribution in [3.63, 3.8) is 0 Å². The lowest BCUT2D eigenvalue weighted by molar-refractivity contribution is 0.237. The smallest absolute Gasteiger partial charge is 0.315 e. The van der Waals surface area contributed by atoms with Crippen LogP contribution in [0.15, 0.2) is 53.2 Å². The van der Waals surface area contributed by atoms with Crippen molar-refractivity contribution in [2.75, 3.05) is 0 Å². The Balaban J connectivity index is 1.53. The van der Waals surface area contributed by atoms with Crippen LogP contribution in [0.5, 0.6) is 0 Å². The number of amides is 2. The van der Waals surface area contributed by atoms with Crippen LogP contribution in [-0.2, 0) is 13.1 Å². The summed E-state index contributed by atoms with van der Waals surface area (Å²) in [5.41, 5.74) is 3.19. The minimum atomic E-state index is -0.201. The van der Waals surface area contributed by atoms with Crippen molar-refractivity contribution >= 4 is 6.03 Å². The molecule has 2 amide bonds. The van der Waals surface area contributed by atoms with Gasteiger partial charge in [0, 0.05) is 24.5 Å². The number of aryl methyl sites for hydroxylation is 2. The molecule has 0 aliphatic carbocycles. The summed E-state index contributed by atoms with van der Waals surface area (Å²) in [6.45, 7) is 6.93. The topological polar surface area (TPSA) is 72.1 Å². The van der Waals surface area contributed by atoms with E-state index in [4.69, 9.17) is 4.42 Å². The number of furan rings is 1. The molecule has 1 atom stereocenters. The lowest BCUT2D eigenvalue weighted by atomic mass is 10.1. The van der Waals surface area contributed by atoms with Crippen LogP contribution >= 0.6 is 0 Å². The highest BCUT2D eigenvalue weighted by Crippen LogP contribution is 2.20. The number of nitrogens with one attached hydrogen (secondary N) is 2. The number of hydrogen-bond acceptors (Lipinski definition) is 3. The highest BCUT2D eigenvalue weighted by Gasteiger charge is 2.14. The zero-order valence-corrected chi connectivity index (χ0v) is 15.3. The van der Waals surface area contributed by atoms with Gasteiger partial charge in [-0.3, -0.25) is 4.68 Å². The molecule has 0 spiro atoms. The molecule has 6 heteroatoms. The third kappa shape index (κ3) is 4.53. The lowest BCUT2D eigenvalue weighted by Gasteiger charge is -2.14. The first-order chi connectivity index (χ1) is 12.5. The summed E-state index contributed by atoms with van der Waals surface area (Å²) >= 11 is 0. The second-order valence-corrected chi connectivity index (χ2v) is 6.44. The summed E-state index contributed by atoms with van der Waals surface area (Å²) in [4.78, 5) is 12.2. The van der Waals surface area contributed by atoms with E-state index in [9.17, 15) is 4.79 Å². The number of carbonyl (C=O) groups is 1. The average molecular weight is 352 g/mol. The summed E-state index contributed by atoms with van der Waals surface area (Å²) in [7, 11) is 0. The van der Waals surface area contributed by atoms with Gasteiger partial charge in [-0.15, -0.1) is 0 Å². The van der Waals surface area contributed by atoms with Crippen molar-refractivity contribution < 1.29 is 9.21 Å². The minimum Gasteiger partial charge on any atom is -0.466 e. The first-order valence-corrected chi connectivity index (χ1v) is 8.68. The summed E-state index contributed by atoms with van der Waals surface area (Å²) in [6.07, 6.45) is 3.69. The maximum absolute atomic E-state index is 12.2. The molecule has 136 valence electrons. The van der Waals surface area contributed by atoms with Gasteiger partial charge in [-0.25, -0.2) is 4.79 Å². The largest absolute Gasteiger partial charge is 0.466 e. The van der Waals surface area contributed by atoms with Gasteiger partial charge in [-0.2, -0.15) is 5.10 Å². The van der Waals surface area contributed by atoms with Crippen LogP contribution in [0.1, 0.15) is 41.2 Å². The van der Waals surface area contributed by atoms with Crippen LogP contribution in [0.3, 0.4) is 0 Å². The van der Waals surface area contributed by atoms with Gasteiger partial charge in [0.15, 0.2) is 0 Å². The van der Waals surface area contributed by atoms with Crippen molar-refractivity contribution in [2.45, 2.75) is 39.9 Å². The number of urea groups is 1. The first-order valence-electron chi connectivity index (χ1n) is 8.68. The van der Waals surface area contributed by atoms with Crippen LogP contribution in [0.2, 0.25) is 0 Å². The van der Waals surface area contributed by atoms with E-state index >= 15 is 0 Å². The number of carbonyl (C=O) groups excluding carboxylic acids is 1. The predicted molar refractivity (Wildman–Crippen MR) is 99.7 cm³/mol. The third-order valence-electron chi connectivity index (χ3n) is 4.24. The molecule has 0 saturated heterocycles. The SMILES string of the molecule is Cc1cc(C(C)NC(=O)NCc2cccc(Cn3cccn3)c2)c(C)o1. The first kappa shape index (κ1) is 17.8. The Labute approximate surface area is 153 Å². The fraction of sp³-hybridized carbons (Fsp3) is 0.300. The van der Waals surface area contributed by atoms with Crippen molar-refractivity contribution in [1.82, 2.24) is 20.4 Å². The molecule has 0 aliphatic rings. The summed E-state index contributed by atoms with van der Waals surface area (Å²) < 4.78 is 7.40. The molecule has 26 heavy (non-hydrogen) atoms. The Bertz CT molecular complexity index is 868. The predicted octanol–water partition coefficient (Wildman–Crippen LogP) is 3.70. The molecule has 6 nitrogen and oxygen atoms in total. The van der Waals surface area contributed by atoms with Gasteiger partial charge >= 0.3 is 6.03 Å². The molecular weight excluding hydrogens is 328 g/mol. The molecule has 3 rings (SSSR count). The van der Waals surface area contributed by atoms with Crippen LogP contribution in [0.25, 0.3) is 0 Å². The molecule has 2 N–H and O–H groups in total. The van der Waals surface area contributed by atoms with Crippen LogP contribution in [0, 0.1) is 13.8 Å². The van der Waals surface area contributed by atoms with Crippen molar-refractivity contribution in [2.24, 2.45) is 0 Å². The Morgan fingerprint density at radius 3 is 2.73 bits per heavy atom. The van der Waals surface area contributed by atoms with E-state index in [-0.39, 0.29) is 12.1 Å². The van der Waals surface area contributed by atoms with Gasteiger partial charge in [0.05, 0.1) is 12.6 Å². The van der Waals surface area contributed by atoms with Gasteiger partial charge in [0.2, 0.25) is 0 Å². The molecule has 1 aromatic carbocycles. The molecular formula is C20H24N4O2. The average Bonchev–Trinajstić information content (AvgIpc) is 3.22. The molecule has 3 aromatic rings. The van der Waals surface area contributed by atoms with Crippen molar-refractivity contribution in [1.29, 1.82) is 0 Å². The van der Waals surface area contributed by atoms with Gasteiger partial charge in [-0.05, 0) is 44.0 Å². The second-order valence-electron chi connectivity index (χ2n) is 6.44. The molecule has 0 radical (unpaired) electrons. The molecule has 1 unspecified atom stereocenters. The molecule has 0 aliphatic heterocycles. The van der Waals surface area contributed by atoms with E-state index in [1.807, 2.05) is 55.9 Å². The van der Waals surface area contributed by atoms with E-state index < -0.39 is 0 Å². The highest BCUT2D eigenvalue weighted by molar-refractivity contribution is 5.74. The minimum absolute atomic E-state index is 0.112. The fourth-order valence-electron chi connectivity index (χ4n) is 3.01. The van der Waals surface area contributed by atoms with Gasteiger partial charge in [-0.1, -0.05) is 24.3 Å². The summed E-state index contributed by atoms with van der Waals surface area (Å²) in [6, 6.07) is 11.7. The summed E-state index contributed by atoms with van der Waals surface area (Å²) in [5.74, 6) is 1.68. The molecule has 0 bridgehead atoms. The third-order valence-corrected chi connectivity index (χ3v) is 4.24. The van der Waals surface area contributed by atoms with Crippen LogP contribution in [-0.4, -0.2) is 15.8 Å². The lowest BCUT2D eigenvalue weighted by Crippen LogP contribution is -2.36. The number of nitrogens with zero attached hydrogens (tertiary/aromatic N) is 2. The Hall–Kier alpha value is -3.02. The standard InChI is InChI=1S/C20H24N4O2/c1-14-10-19(16(3)26-14)15(2)23-20(25)21-12-17-6-4-7-18(11-17)13-24-9-5-8-22-24/h4-11,15H,12-13H2,1-3H3,(H2,21,23,25). The number of hydrogen-bond donors (Lipinski definition) is 2. The zero-order valence-electron chi connectivity index (χ0n) is 15.3. The zero-order chi connectivity index (χ0) is 18.5. The van der Waals surface area contributed by atoms with E-state index in [0.29, 0.717) is 13.1 Å². The van der Waals surface area contributed by atoms with Gasteiger partial charge < -0.3 is 15.1 Å². The van der Waals surface area contributed by atoms with Crippen molar-refractivity contribution in [3.05, 3.63) is 77.0 Å². The normalized spacial score (nSPS) is 12.0. The maximum Gasteiger partial charge on any atom is 0.315 e. The van der Waals surface area contributed by atoms with Crippen LogP contribution in [0.4, 0.5) is 4.79 Å². The van der Waals surface area contributed by atoms with Crippen LogP contribution < -0.4 is 10.6 Å². The van der Waals surface area contributed by atoms with Crippen molar-refractivity contribution in [3.8, 4) is 0 Å². The Morgan fingerprint density at radius 2 is 2.04 bits per heavy atom. The number of rotatable bonds is 6. The quantitative estimate of drug-likeness (QED) is 0.710. The van der Waals surface area contributed by atoms with Gasteiger partial charge in [0.25, 0.3) is 0 Å². The maximum atomic E-state index is 12.2. The number of benzene rings is 1. The Morgan fingerprint density at radius 1 is 1.23 bits per heavy atom. The second kappa shape index (κ2) is 7.91. The van der Waals surface area contributed by atoms with E-state index in [2.05, 4.69) is 27.9 Å². The van der Waals surface area contributed by atoms with E-state index in [1.165, 1.54) is 0 Å². The molecule has 2 aromatic heterocycles. The fourth-order valence-corrected chi connectivity index (χ4v) is 3.01. The monoisotopic (exact) mass is 352 g/mol. The van der Waals surface area contributed by atoms with E-state index in [1.54, 1.807) is 6.20 Å². The molecule has 0 fully saturated rings. The Kier molecular flexibility index (Phi) is 5.41. The molecule has 0 saturated carbocycles. The number of aromatic nitrogens is 2.